The summed E-state index contributed by atoms with van der Waals surface area (Å²) in [4.78, 5) is 37.5. The number of carbonyl (C=O) groups is 3. The molecule has 0 aromatic carbocycles. The van der Waals surface area contributed by atoms with Gasteiger partial charge < -0.3 is 33.3 Å². The molecule has 0 saturated heterocycles. The van der Waals surface area contributed by atoms with Gasteiger partial charge in [0.15, 0.2) is 12.4 Å². The Labute approximate surface area is 550 Å². The zero-order chi connectivity index (χ0) is 64.7. The normalized spacial score (nSPS) is 13.2. The largest absolute Gasteiger partial charge is 0.545 e. The van der Waals surface area contributed by atoms with Crippen molar-refractivity contribution in [3.63, 3.8) is 0 Å². The van der Waals surface area contributed by atoms with E-state index in [1.165, 1.54) is 193 Å². The quantitative estimate of drug-likeness (QED) is 0.0195. The Morgan fingerprint density at radius 2 is 0.640 bits per heavy atom. The van der Waals surface area contributed by atoms with E-state index in [1.54, 1.807) is 0 Å². The number of rotatable bonds is 69. The first kappa shape index (κ1) is 85.2. The van der Waals surface area contributed by atoms with Crippen LogP contribution in [0.1, 0.15) is 335 Å². The number of ether oxygens (including phenoxy) is 4. The highest BCUT2D eigenvalue weighted by Gasteiger charge is 2.22. The van der Waals surface area contributed by atoms with Gasteiger partial charge in [-0.25, -0.2) is 0 Å². The fraction of sp³-hybridized carbons (Fsp3) is 0.762. The molecule has 0 N–H and O–H groups in total. The lowest BCUT2D eigenvalue weighted by atomic mass is 10.0. The maximum Gasteiger partial charge on any atom is 0.306 e. The van der Waals surface area contributed by atoms with E-state index in [-0.39, 0.29) is 38.6 Å². The second kappa shape index (κ2) is 70.1. The molecule has 0 bridgehead atoms. The van der Waals surface area contributed by atoms with Crippen molar-refractivity contribution in [3.8, 4) is 0 Å². The molecule has 0 aliphatic rings. The lowest BCUT2D eigenvalue weighted by Gasteiger charge is -2.26. The lowest BCUT2D eigenvalue weighted by Crippen LogP contribution is -2.44. The Morgan fingerprint density at radius 3 is 0.955 bits per heavy atom. The molecule has 9 nitrogen and oxygen atoms in total. The molecular weight excluding hydrogens is 1100 g/mol. The van der Waals surface area contributed by atoms with E-state index < -0.39 is 24.3 Å². The van der Waals surface area contributed by atoms with E-state index >= 15 is 0 Å². The number of esters is 2. The summed E-state index contributed by atoms with van der Waals surface area (Å²) in [6.45, 7) is 4.66. The van der Waals surface area contributed by atoms with Gasteiger partial charge in [0.2, 0.25) is 0 Å². The van der Waals surface area contributed by atoms with Gasteiger partial charge in [0.1, 0.15) is 13.2 Å². The monoisotopic (exact) mass is 1240 g/mol. The Hall–Kier alpha value is -3.79. The summed E-state index contributed by atoms with van der Waals surface area (Å²) in [7, 11) is 5.93. The van der Waals surface area contributed by atoms with Crippen molar-refractivity contribution in [2.75, 3.05) is 47.5 Å². The Kier molecular flexibility index (Phi) is 67.1. The Bertz CT molecular complexity index is 1790. The molecule has 514 valence electrons. The highest BCUT2D eigenvalue weighted by molar-refractivity contribution is 5.70. The number of hydrogen-bond acceptors (Lipinski definition) is 8. The number of carboxylic acids is 1. The second-order valence-corrected chi connectivity index (χ2v) is 26.2. The van der Waals surface area contributed by atoms with Crippen LogP contribution in [0.2, 0.25) is 0 Å². The van der Waals surface area contributed by atoms with E-state index in [2.05, 4.69) is 111 Å². The van der Waals surface area contributed by atoms with Gasteiger partial charge in [-0.3, -0.25) is 9.59 Å². The number of hydrogen-bond donors (Lipinski definition) is 0. The van der Waals surface area contributed by atoms with Crippen LogP contribution in [0.4, 0.5) is 0 Å². The number of quaternary nitrogens is 1. The Balaban J connectivity index is 4.11. The smallest absolute Gasteiger partial charge is 0.306 e. The molecule has 0 aliphatic heterocycles. The zero-order valence-corrected chi connectivity index (χ0v) is 58.8. The molecule has 0 spiro atoms. The third-order valence-corrected chi connectivity index (χ3v) is 16.3. The van der Waals surface area contributed by atoms with Crippen molar-refractivity contribution in [2.24, 2.45) is 0 Å². The molecule has 0 fully saturated rings. The van der Waals surface area contributed by atoms with Gasteiger partial charge in [-0.2, -0.15) is 0 Å². The summed E-state index contributed by atoms with van der Waals surface area (Å²) in [6.07, 6.45) is 93.7. The second-order valence-electron chi connectivity index (χ2n) is 26.2. The summed E-state index contributed by atoms with van der Waals surface area (Å²) >= 11 is 0. The lowest BCUT2D eigenvalue weighted by molar-refractivity contribution is -0.870. The number of nitrogens with zero attached hydrogens (tertiary/aromatic N) is 1. The van der Waals surface area contributed by atoms with Gasteiger partial charge >= 0.3 is 11.9 Å². The molecule has 2 unspecified atom stereocenters. The number of allylic oxidation sites excluding steroid dienone is 16. The van der Waals surface area contributed by atoms with E-state index in [9.17, 15) is 19.5 Å². The fourth-order valence-corrected chi connectivity index (χ4v) is 10.7. The minimum atomic E-state index is -1.63. The molecule has 2 atom stereocenters. The number of carbonyl (C=O) groups excluding carboxylic acids is 3. The molecule has 0 aliphatic carbocycles. The van der Waals surface area contributed by atoms with Gasteiger partial charge in [-0.1, -0.05) is 342 Å². The first-order chi connectivity index (χ1) is 43.6. The minimum absolute atomic E-state index is 0.141. The van der Waals surface area contributed by atoms with Crippen molar-refractivity contribution >= 4 is 17.9 Å². The molecule has 0 amide bonds. The van der Waals surface area contributed by atoms with Crippen molar-refractivity contribution in [1.82, 2.24) is 0 Å². The Morgan fingerprint density at radius 1 is 0.348 bits per heavy atom. The predicted molar refractivity (Wildman–Crippen MR) is 380 cm³/mol. The first-order valence-electron chi connectivity index (χ1n) is 37.4. The van der Waals surface area contributed by atoms with Gasteiger partial charge in [0, 0.05) is 12.8 Å². The van der Waals surface area contributed by atoms with Crippen LogP contribution in [0.5, 0.6) is 0 Å². The third-order valence-electron chi connectivity index (χ3n) is 16.3. The zero-order valence-electron chi connectivity index (χ0n) is 58.8. The summed E-state index contributed by atoms with van der Waals surface area (Å²) in [5.41, 5.74) is 0. The predicted octanol–water partition coefficient (Wildman–Crippen LogP) is 22.3. The van der Waals surface area contributed by atoms with Crippen LogP contribution in [0.15, 0.2) is 97.2 Å². The van der Waals surface area contributed by atoms with Crippen molar-refractivity contribution in [3.05, 3.63) is 97.2 Å². The van der Waals surface area contributed by atoms with E-state index in [0.717, 1.165) is 109 Å². The van der Waals surface area contributed by atoms with Crippen LogP contribution in [0.3, 0.4) is 0 Å². The maximum absolute atomic E-state index is 12.9. The van der Waals surface area contributed by atoms with E-state index in [4.69, 9.17) is 18.9 Å². The molecule has 9 heteroatoms. The average molecular weight is 1250 g/mol. The first-order valence-corrected chi connectivity index (χ1v) is 37.4. The molecule has 89 heavy (non-hydrogen) atoms. The van der Waals surface area contributed by atoms with Gasteiger partial charge in [-0.15, -0.1) is 0 Å². The topological polar surface area (TPSA) is 111 Å². The summed E-state index contributed by atoms with van der Waals surface area (Å²) in [5.74, 6) is -2.29. The molecule has 0 aromatic heterocycles. The van der Waals surface area contributed by atoms with Crippen LogP contribution < -0.4 is 5.11 Å². The van der Waals surface area contributed by atoms with Crippen LogP contribution >= 0.6 is 0 Å². The number of likely N-dealkylation sites (N-methyl/N-ethyl adjacent to an activating group) is 1. The van der Waals surface area contributed by atoms with Gasteiger partial charge in [-0.05, 0) is 77.0 Å². The minimum Gasteiger partial charge on any atom is -0.545 e. The maximum atomic E-state index is 12.9. The molecule has 0 rings (SSSR count). The van der Waals surface area contributed by atoms with Crippen LogP contribution in [-0.4, -0.2) is 82.3 Å². The van der Waals surface area contributed by atoms with Crippen molar-refractivity contribution < 1.29 is 42.9 Å². The summed E-state index contributed by atoms with van der Waals surface area (Å²) in [5, 5.41) is 11.8. The van der Waals surface area contributed by atoms with Crippen LogP contribution in [-0.2, 0) is 33.3 Å². The van der Waals surface area contributed by atoms with Crippen LogP contribution in [0.25, 0.3) is 0 Å². The van der Waals surface area contributed by atoms with E-state index in [1.807, 2.05) is 21.1 Å². The fourth-order valence-electron chi connectivity index (χ4n) is 10.7. The molecule has 0 aromatic rings. The number of carboxylic acid groups (broad SMARTS) is 1. The molecule has 0 radical (unpaired) electrons. The highest BCUT2D eigenvalue weighted by Crippen LogP contribution is 2.19. The molecule has 0 heterocycles. The standard InChI is InChI=1S/C80H141NO8/c1-6-8-10-12-14-16-18-20-22-24-26-28-30-32-34-36-38-39-41-42-44-46-48-50-52-54-56-58-60-62-64-66-68-70-77(82)87-74-76(75-88-80(79(84)85)86-73-72-81(3,4)5)89-78(83)71-69-67-65-63-61-59-57-55-53-51-49-47-45-43-40-37-35-33-31-29-27-25-23-21-19-17-15-13-11-9-7-2/h9,11,15,17,21,23,27,29,33,35,40,43,47,49,53,55,76,80H,6-8,10,12-14,16,18-20,22,24-26,28,30-32,34,36-39,41-42,44-46,48,50-52,54,56-75H2,1-5H3/b11-9-,17-15-,23-21-,29-27-,35-33-,43-40-,49-47-,55-53-. The van der Waals surface area contributed by atoms with Gasteiger partial charge in [0.05, 0.1) is 40.3 Å². The van der Waals surface area contributed by atoms with Crippen molar-refractivity contribution in [1.29, 1.82) is 0 Å². The SMILES string of the molecule is CC/C=C\C/C=C\C/C=C\C/C=C\C/C=C\C/C=C\C/C=C\C/C=C\CCCCCCCCC(=O)OC(COC(=O)CCCCCCCCCCCCCCCCCCCCCCCCCCCCCCCCCCC)COC(OCC[N+](C)(C)C)C(=O)[O-]. The van der Waals surface area contributed by atoms with Crippen LogP contribution in [0, 0.1) is 0 Å². The number of unbranched alkanes of at least 4 members (excludes halogenated alkanes) is 38. The summed E-state index contributed by atoms with van der Waals surface area (Å²) in [6, 6.07) is 0. The summed E-state index contributed by atoms with van der Waals surface area (Å²) < 4.78 is 22.8. The molecular formula is C80H141NO8. The van der Waals surface area contributed by atoms with E-state index in [0.29, 0.717) is 17.4 Å². The highest BCUT2D eigenvalue weighted by atomic mass is 16.7. The average Bonchev–Trinajstić information content (AvgIpc) is 3.64. The van der Waals surface area contributed by atoms with Crippen molar-refractivity contribution in [2.45, 2.75) is 347 Å². The third kappa shape index (κ3) is 71.5. The molecule has 0 saturated carbocycles. The number of aliphatic carboxylic acids is 1. The van der Waals surface area contributed by atoms with Gasteiger partial charge in [0.25, 0.3) is 0 Å².